The number of aromatic nitrogens is 2. The molecule has 3 heterocycles. The molecule has 2 aromatic carbocycles. The largest absolute Gasteiger partial charge is 0.352 e. The lowest BCUT2D eigenvalue weighted by Crippen LogP contribution is -2.37. The first kappa shape index (κ1) is 24.2. The van der Waals surface area contributed by atoms with Crippen molar-refractivity contribution in [3.8, 4) is 5.69 Å². The minimum atomic E-state index is -0.204. The van der Waals surface area contributed by atoms with Gasteiger partial charge in [0, 0.05) is 33.4 Å². The van der Waals surface area contributed by atoms with Crippen LogP contribution in [-0.4, -0.2) is 32.0 Å². The molecule has 1 fully saturated rings. The van der Waals surface area contributed by atoms with Crippen molar-refractivity contribution >= 4 is 44.9 Å². The van der Waals surface area contributed by atoms with Gasteiger partial charge < -0.3 is 20.1 Å². The molecule has 1 amide bonds. The van der Waals surface area contributed by atoms with Crippen LogP contribution in [0.4, 0.5) is 5.69 Å². The van der Waals surface area contributed by atoms with Crippen molar-refractivity contribution in [1.29, 1.82) is 0 Å². The Morgan fingerprint density at radius 3 is 2.47 bits per heavy atom. The minimum absolute atomic E-state index is 0.122. The number of pyridine rings is 1. The molecule has 0 saturated carbocycles. The van der Waals surface area contributed by atoms with E-state index >= 15 is 0 Å². The highest BCUT2D eigenvalue weighted by Crippen LogP contribution is 2.41. The SMILES string of the molecule is Cc1cc(C2C(c3ccccn3)NC(=S)N2CC(=O)Nc2ccccc2)c(C)n1-c1ccc(Br)cc1. The summed E-state index contributed by atoms with van der Waals surface area (Å²) in [5.41, 5.74) is 6.02. The van der Waals surface area contributed by atoms with Crippen LogP contribution >= 0.6 is 28.1 Å². The van der Waals surface area contributed by atoms with Gasteiger partial charge in [-0.3, -0.25) is 9.78 Å². The molecule has 0 radical (unpaired) electrons. The van der Waals surface area contributed by atoms with E-state index < -0.39 is 0 Å². The molecule has 2 N–H and O–H groups in total. The molecule has 0 aliphatic carbocycles. The average molecular weight is 561 g/mol. The first-order valence-electron chi connectivity index (χ1n) is 11.7. The molecule has 6 nitrogen and oxygen atoms in total. The van der Waals surface area contributed by atoms with Gasteiger partial charge in [-0.2, -0.15) is 0 Å². The van der Waals surface area contributed by atoms with E-state index in [1.165, 1.54) is 0 Å². The predicted octanol–water partition coefficient (Wildman–Crippen LogP) is 5.86. The van der Waals surface area contributed by atoms with Gasteiger partial charge in [0.15, 0.2) is 5.11 Å². The second-order valence-electron chi connectivity index (χ2n) is 8.81. The third-order valence-corrected chi connectivity index (χ3v) is 7.32. The molecule has 4 aromatic rings. The third-order valence-electron chi connectivity index (χ3n) is 6.44. The van der Waals surface area contributed by atoms with Crippen molar-refractivity contribution in [2.75, 3.05) is 11.9 Å². The fraction of sp³-hybridized carbons (Fsp3) is 0.179. The summed E-state index contributed by atoms with van der Waals surface area (Å²) in [7, 11) is 0. The summed E-state index contributed by atoms with van der Waals surface area (Å²) in [5.74, 6) is -0.126. The number of carbonyl (C=O) groups is 1. The topological polar surface area (TPSA) is 62.2 Å². The van der Waals surface area contributed by atoms with E-state index in [1.807, 2.05) is 65.6 Å². The van der Waals surface area contributed by atoms with E-state index in [-0.39, 0.29) is 24.5 Å². The fourth-order valence-electron chi connectivity index (χ4n) is 4.87. The Balaban J connectivity index is 1.53. The number of amides is 1. The van der Waals surface area contributed by atoms with Crippen LogP contribution in [0, 0.1) is 13.8 Å². The Bertz CT molecular complexity index is 1390. The number of thiocarbonyl (C=S) groups is 1. The molecule has 5 rings (SSSR count). The van der Waals surface area contributed by atoms with Gasteiger partial charge in [-0.25, -0.2) is 0 Å². The highest BCUT2D eigenvalue weighted by molar-refractivity contribution is 9.10. The number of halogens is 1. The Kier molecular flexibility index (Phi) is 6.89. The van der Waals surface area contributed by atoms with E-state index in [1.54, 1.807) is 6.20 Å². The highest BCUT2D eigenvalue weighted by atomic mass is 79.9. The molecular weight excluding hydrogens is 534 g/mol. The fourth-order valence-corrected chi connectivity index (χ4v) is 5.44. The summed E-state index contributed by atoms with van der Waals surface area (Å²) in [6.45, 7) is 4.33. The van der Waals surface area contributed by atoms with Gasteiger partial charge in [-0.05, 0) is 86.2 Å². The molecule has 36 heavy (non-hydrogen) atoms. The number of carbonyl (C=O) groups excluding carboxylic acids is 1. The molecule has 2 atom stereocenters. The lowest BCUT2D eigenvalue weighted by molar-refractivity contribution is -0.116. The van der Waals surface area contributed by atoms with Crippen LogP contribution in [0.3, 0.4) is 0 Å². The first-order chi connectivity index (χ1) is 17.4. The number of nitrogens with zero attached hydrogens (tertiary/aromatic N) is 3. The molecule has 1 aliphatic rings. The Labute approximate surface area is 224 Å². The third kappa shape index (κ3) is 4.79. The Morgan fingerprint density at radius 1 is 1.06 bits per heavy atom. The summed E-state index contributed by atoms with van der Waals surface area (Å²) >= 11 is 9.29. The van der Waals surface area contributed by atoms with Gasteiger partial charge in [0.1, 0.15) is 6.54 Å². The second-order valence-corrected chi connectivity index (χ2v) is 10.1. The maximum absolute atomic E-state index is 13.1. The summed E-state index contributed by atoms with van der Waals surface area (Å²) in [6, 6.07) is 25.4. The van der Waals surface area contributed by atoms with Crippen LogP contribution in [-0.2, 0) is 4.79 Å². The van der Waals surface area contributed by atoms with Crippen LogP contribution in [0.15, 0.2) is 89.5 Å². The summed E-state index contributed by atoms with van der Waals surface area (Å²) in [4.78, 5) is 19.7. The van der Waals surface area contributed by atoms with Gasteiger partial charge in [-0.1, -0.05) is 40.2 Å². The van der Waals surface area contributed by atoms with Crippen molar-refractivity contribution in [3.05, 3.63) is 112 Å². The van der Waals surface area contributed by atoms with Crippen LogP contribution in [0.5, 0.6) is 0 Å². The van der Waals surface area contributed by atoms with Crippen LogP contribution < -0.4 is 10.6 Å². The molecule has 2 aromatic heterocycles. The number of hydrogen-bond acceptors (Lipinski definition) is 3. The molecule has 1 saturated heterocycles. The maximum atomic E-state index is 13.1. The standard InChI is InChI=1S/C28H26BrN5OS/c1-18-16-23(19(2)34(18)22-13-11-20(29)12-14-22)27-26(24-10-6-7-15-30-24)32-28(36)33(27)17-25(35)31-21-8-4-3-5-9-21/h3-16,26-27H,17H2,1-2H3,(H,31,35)(H,32,36). The van der Waals surface area contributed by atoms with E-state index in [4.69, 9.17) is 12.2 Å². The molecule has 2 unspecified atom stereocenters. The monoisotopic (exact) mass is 559 g/mol. The lowest BCUT2D eigenvalue weighted by atomic mass is 9.96. The average Bonchev–Trinajstić information content (AvgIpc) is 3.35. The van der Waals surface area contributed by atoms with Crippen molar-refractivity contribution in [1.82, 2.24) is 19.8 Å². The zero-order valence-electron chi connectivity index (χ0n) is 20.0. The lowest BCUT2D eigenvalue weighted by Gasteiger charge is -2.27. The summed E-state index contributed by atoms with van der Waals surface area (Å²) in [5, 5.41) is 6.96. The van der Waals surface area contributed by atoms with E-state index in [9.17, 15) is 4.79 Å². The van der Waals surface area contributed by atoms with E-state index in [0.29, 0.717) is 5.11 Å². The van der Waals surface area contributed by atoms with Crippen LogP contribution in [0.1, 0.15) is 34.7 Å². The number of anilines is 1. The van der Waals surface area contributed by atoms with Crippen LogP contribution in [0.25, 0.3) is 5.69 Å². The molecule has 8 heteroatoms. The van der Waals surface area contributed by atoms with Gasteiger partial charge in [0.2, 0.25) is 5.91 Å². The molecule has 0 spiro atoms. The van der Waals surface area contributed by atoms with Crippen molar-refractivity contribution in [2.24, 2.45) is 0 Å². The van der Waals surface area contributed by atoms with E-state index in [2.05, 4.69) is 68.2 Å². The molecule has 1 aliphatic heterocycles. The minimum Gasteiger partial charge on any atom is -0.352 e. The second kappa shape index (κ2) is 10.2. The summed E-state index contributed by atoms with van der Waals surface area (Å²) < 4.78 is 3.27. The number of para-hydroxylation sites is 1. The van der Waals surface area contributed by atoms with Crippen LogP contribution in [0.2, 0.25) is 0 Å². The Morgan fingerprint density at radius 2 is 1.78 bits per heavy atom. The number of rotatable bonds is 6. The first-order valence-corrected chi connectivity index (χ1v) is 12.9. The summed E-state index contributed by atoms with van der Waals surface area (Å²) in [6.07, 6.45) is 1.78. The molecule has 182 valence electrons. The normalized spacial score (nSPS) is 17.2. The number of aryl methyl sites for hydroxylation is 1. The number of nitrogens with one attached hydrogen (secondary N) is 2. The van der Waals surface area contributed by atoms with Gasteiger partial charge >= 0.3 is 0 Å². The molecule has 0 bridgehead atoms. The van der Waals surface area contributed by atoms with Crippen molar-refractivity contribution < 1.29 is 4.79 Å². The van der Waals surface area contributed by atoms with Gasteiger partial charge in [0.25, 0.3) is 0 Å². The van der Waals surface area contributed by atoms with Gasteiger partial charge in [0.05, 0.1) is 17.8 Å². The number of benzene rings is 2. The van der Waals surface area contributed by atoms with E-state index in [0.717, 1.165) is 38.5 Å². The Hall–Kier alpha value is -3.49. The smallest absolute Gasteiger partial charge is 0.244 e. The zero-order chi connectivity index (χ0) is 25.2. The van der Waals surface area contributed by atoms with Crippen molar-refractivity contribution in [2.45, 2.75) is 25.9 Å². The van der Waals surface area contributed by atoms with Crippen molar-refractivity contribution in [3.63, 3.8) is 0 Å². The highest BCUT2D eigenvalue weighted by Gasteiger charge is 2.42. The zero-order valence-corrected chi connectivity index (χ0v) is 22.4. The number of hydrogen-bond donors (Lipinski definition) is 2. The molecular formula is C28H26BrN5OS. The maximum Gasteiger partial charge on any atom is 0.244 e. The quantitative estimate of drug-likeness (QED) is 0.289. The van der Waals surface area contributed by atoms with Gasteiger partial charge in [-0.15, -0.1) is 0 Å². The predicted molar refractivity (Wildman–Crippen MR) is 150 cm³/mol.